The molecule has 1 fully saturated rings. The molecule has 2 heterocycles. The zero-order chi connectivity index (χ0) is 10.6. The molecule has 1 aliphatic rings. The molecule has 0 bridgehead atoms. The SMILES string of the molecule is CC1(c2c(N)cnc3sc(I)nc23)CC1. The van der Waals surface area contributed by atoms with Crippen LogP contribution < -0.4 is 5.73 Å². The lowest BCUT2D eigenvalue weighted by Gasteiger charge is -2.11. The number of rotatable bonds is 1. The Hall–Kier alpha value is -0.430. The molecule has 0 saturated heterocycles. The van der Waals surface area contributed by atoms with Gasteiger partial charge in [-0.1, -0.05) is 18.3 Å². The molecular weight excluding hydrogens is 321 g/mol. The largest absolute Gasteiger partial charge is 0.397 e. The van der Waals surface area contributed by atoms with Gasteiger partial charge in [0, 0.05) is 5.56 Å². The first-order valence-electron chi connectivity index (χ1n) is 4.81. The van der Waals surface area contributed by atoms with Crippen LogP contribution in [0.15, 0.2) is 6.20 Å². The number of aromatic nitrogens is 2. The number of nitrogens with zero attached hydrogens (tertiary/aromatic N) is 2. The highest BCUT2D eigenvalue weighted by Crippen LogP contribution is 2.51. The highest BCUT2D eigenvalue weighted by molar-refractivity contribution is 14.1. The minimum atomic E-state index is 0.252. The minimum absolute atomic E-state index is 0.252. The molecule has 0 amide bonds. The van der Waals surface area contributed by atoms with Crippen LogP contribution in [0.5, 0.6) is 0 Å². The van der Waals surface area contributed by atoms with Gasteiger partial charge in [0.1, 0.15) is 10.3 Å². The summed E-state index contributed by atoms with van der Waals surface area (Å²) < 4.78 is 1.03. The average molecular weight is 331 g/mol. The molecule has 1 aliphatic carbocycles. The van der Waals surface area contributed by atoms with E-state index in [0.717, 1.165) is 19.0 Å². The van der Waals surface area contributed by atoms with Crippen LogP contribution >= 0.6 is 33.9 Å². The predicted octanol–water partition coefficient (Wildman–Crippen LogP) is 2.93. The first-order chi connectivity index (χ1) is 7.10. The van der Waals surface area contributed by atoms with Gasteiger partial charge in [0.15, 0.2) is 3.01 Å². The number of nitrogen functional groups attached to an aromatic ring is 1. The van der Waals surface area contributed by atoms with E-state index in [2.05, 4.69) is 39.5 Å². The number of hydrogen-bond donors (Lipinski definition) is 1. The second-order valence-electron chi connectivity index (χ2n) is 4.27. The predicted molar refractivity (Wildman–Crippen MR) is 71.1 cm³/mol. The van der Waals surface area contributed by atoms with Gasteiger partial charge in [-0.25, -0.2) is 9.97 Å². The molecule has 0 atom stereocenters. The van der Waals surface area contributed by atoms with E-state index in [0.29, 0.717) is 0 Å². The molecule has 0 radical (unpaired) electrons. The molecule has 78 valence electrons. The second kappa shape index (κ2) is 3.04. The van der Waals surface area contributed by atoms with Gasteiger partial charge in [-0.2, -0.15) is 0 Å². The molecule has 0 unspecified atom stereocenters. The standard InChI is InChI=1S/C10H10IN3S/c1-10(2-3-10)6-5(12)4-13-8-7(6)14-9(11)15-8/h4H,2-3,12H2,1H3. The number of halogens is 1. The van der Waals surface area contributed by atoms with Crippen molar-refractivity contribution in [3.05, 3.63) is 14.8 Å². The number of nitrogens with two attached hydrogens (primary N) is 1. The molecule has 5 heteroatoms. The number of fused-ring (bicyclic) bond motifs is 1. The fraction of sp³-hybridized carbons (Fsp3) is 0.400. The van der Waals surface area contributed by atoms with Crippen LogP contribution in [-0.4, -0.2) is 9.97 Å². The van der Waals surface area contributed by atoms with Gasteiger partial charge in [-0.05, 0) is 40.8 Å². The van der Waals surface area contributed by atoms with Crippen LogP contribution in [-0.2, 0) is 5.41 Å². The Morgan fingerprint density at radius 3 is 2.93 bits per heavy atom. The maximum atomic E-state index is 6.02. The summed E-state index contributed by atoms with van der Waals surface area (Å²) in [6, 6.07) is 0. The first kappa shape index (κ1) is 9.77. The van der Waals surface area contributed by atoms with Crippen molar-refractivity contribution in [2.75, 3.05) is 5.73 Å². The summed E-state index contributed by atoms with van der Waals surface area (Å²) in [5.74, 6) is 0. The van der Waals surface area contributed by atoms with E-state index in [1.807, 2.05) is 0 Å². The zero-order valence-electron chi connectivity index (χ0n) is 8.25. The molecule has 3 nitrogen and oxygen atoms in total. The Morgan fingerprint density at radius 1 is 1.53 bits per heavy atom. The molecule has 0 spiro atoms. The summed E-state index contributed by atoms with van der Waals surface area (Å²) >= 11 is 3.86. The van der Waals surface area contributed by atoms with Crippen LogP contribution in [0, 0.1) is 3.01 Å². The molecule has 1 saturated carbocycles. The van der Waals surface area contributed by atoms with Crippen LogP contribution in [0.25, 0.3) is 10.3 Å². The van der Waals surface area contributed by atoms with Crippen molar-refractivity contribution in [2.45, 2.75) is 25.2 Å². The van der Waals surface area contributed by atoms with Gasteiger partial charge in [0.25, 0.3) is 0 Å². The van der Waals surface area contributed by atoms with Crippen molar-refractivity contribution < 1.29 is 0 Å². The lowest BCUT2D eigenvalue weighted by molar-refractivity contribution is 0.796. The van der Waals surface area contributed by atoms with Gasteiger partial charge in [-0.15, -0.1) is 0 Å². The van der Waals surface area contributed by atoms with Crippen LogP contribution in [0.3, 0.4) is 0 Å². The maximum Gasteiger partial charge on any atom is 0.156 e. The molecule has 15 heavy (non-hydrogen) atoms. The Kier molecular flexibility index (Phi) is 1.98. The lowest BCUT2D eigenvalue weighted by Crippen LogP contribution is -2.06. The third-order valence-electron chi connectivity index (χ3n) is 3.03. The fourth-order valence-electron chi connectivity index (χ4n) is 1.94. The molecule has 3 rings (SSSR count). The van der Waals surface area contributed by atoms with Crippen LogP contribution in [0.4, 0.5) is 5.69 Å². The van der Waals surface area contributed by atoms with E-state index < -0.39 is 0 Å². The smallest absolute Gasteiger partial charge is 0.156 e. The van der Waals surface area contributed by atoms with Crippen molar-refractivity contribution in [1.82, 2.24) is 9.97 Å². The Bertz CT molecular complexity index is 545. The Morgan fingerprint density at radius 2 is 2.27 bits per heavy atom. The minimum Gasteiger partial charge on any atom is -0.397 e. The quantitative estimate of drug-likeness (QED) is 0.818. The van der Waals surface area contributed by atoms with Gasteiger partial charge >= 0.3 is 0 Å². The van der Waals surface area contributed by atoms with Crippen molar-refractivity contribution in [3.8, 4) is 0 Å². The van der Waals surface area contributed by atoms with Gasteiger partial charge in [-0.3, -0.25) is 0 Å². The number of thiazole rings is 1. The molecule has 0 aliphatic heterocycles. The van der Waals surface area contributed by atoms with E-state index in [1.54, 1.807) is 17.5 Å². The van der Waals surface area contributed by atoms with Crippen molar-refractivity contribution >= 4 is 50.0 Å². The average Bonchev–Trinajstić information content (AvgIpc) is 2.77. The van der Waals surface area contributed by atoms with E-state index in [9.17, 15) is 0 Å². The van der Waals surface area contributed by atoms with Gasteiger partial charge < -0.3 is 5.73 Å². The van der Waals surface area contributed by atoms with Crippen molar-refractivity contribution in [1.29, 1.82) is 0 Å². The fourth-order valence-corrected chi connectivity index (χ4v) is 3.45. The molecule has 2 aromatic heterocycles. The molecule has 0 aromatic carbocycles. The first-order valence-corrected chi connectivity index (χ1v) is 6.71. The highest BCUT2D eigenvalue weighted by Gasteiger charge is 2.42. The van der Waals surface area contributed by atoms with Crippen LogP contribution in [0.2, 0.25) is 0 Å². The van der Waals surface area contributed by atoms with Crippen molar-refractivity contribution in [2.24, 2.45) is 0 Å². The number of pyridine rings is 1. The third-order valence-corrected chi connectivity index (χ3v) is 4.69. The summed E-state index contributed by atoms with van der Waals surface area (Å²) in [7, 11) is 0. The summed E-state index contributed by atoms with van der Waals surface area (Å²) in [6.07, 6.45) is 4.20. The van der Waals surface area contributed by atoms with E-state index in [4.69, 9.17) is 5.73 Å². The maximum absolute atomic E-state index is 6.02. The highest BCUT2D eigenvalue weighted by atomic mass is 127. The van der Waals surface area contributed by atoms with Gasteiger partial charge in [0.2, 0.25) is 0 Å². The van der Waals surface area contributed by atoms with E-state index >= 15 is 0 Å². The zero-order valence-corrected chi connectivity index (χ0v) is 11.2. The van der Waals surface area contributed by atoms with E-state index in [-0.39, 0.29) is 5.41 Å². The summed E-state index contributed by atoms with van der Waals surface area (Å²) in [4.78, 5) is 9.88. The summed E-state index contributed by atoms with van der Waals surface area (Å²) in [5.41, 5.74) is 9.30. The molecule has 2 N–H and O–H groups in total. The summed E-state index contributed by atoms with van der Waals surface area (Å²) in [5, 5.41) is 0. The number of anilines is 1. The normalized spacial score (nSPS) is 18.3. The second-order valence-corrected chi connectivity index (χ2v) is 7.00. The Labute approximate surface area is 105 Å². The topological polar surface area (TPSA) is 51.8 Å². The number of hydrogen-bond acceptors (Lipinski definition) is 4. The molecular formula is C10H10IN3S. The monoisotopic (exact) mass is 331 g/mol. The van der Waals surface area contributed by atoms with Crippen molar-refractivity contribution in [3.63, 3.8) is 0 Å². The van der Waals surface area contributed by atoms with Gasteiger partial charge in [0.05, 0.1) is 11.9 Å². The Balaban J connectivity index is 2.38. The van der Waals surface area contributed by atoms with E-state index in [1.165, 1.54) is 18.4 Å². The lowest BCUT2D eigenvalue weighted by atomic mass is 9.97. The molecule has 2 aromatic rings. The van der Waals surface area contributed by atoms with Crippen LogP contribution in [0.1, 0.15) is 25.3 Å². The third kappa shape index (κ3) is 1.44. The summed E-state index contributed by atoms with van der Waals surface area (Å²) in [6.45, 7) is 2.25.